The summed E-state index contributed by atoms with van der Waals surface area (Å²) in [4.78, 5) is 1.39. The smallest absolute Gasteiger partial charge is 0.00719 e. The van der Waals surface area contributed by atoms with E-state index >= 15 is 0 Å². The van der Waals surface area contributed by atoms with Gasteiger partial charge in [0.2, 0.25) is 0 Å². The summed E-state index contributed by atoms with van der Waals surface area (Å²) >= 11 is 1.96. The van der Waals surface area contributed by atoms with E-state index in [1.165, 1.54) is 23.5 Å². The molecule has 0 amide bonds. The van der Waals surface area contributed by atoms with Gasteiger partial charge in [0.25, 0.3) is 0 Å². The lowest BCUT2D eigenvalue weighted by molar-refractivity contribution is 0.473. The minimum Gasteiger partial charge on any atom is -0.319 e. The SMILES string of the molecule is CCC(CCSc1ccccc1)CNC. The summed E-state index contributed by atoms with van der Waals surface area (Å²) < 4.78 is 0. The van der Waals surface area contributed by atoms with Crippen LogP contribution in [0.3, 0.4) is 0 Å². The zero-order valence-electron chi connectivity index (χ0n) is 9.70. The van der Waals surface area contributed by atoms with Gasteiger partial charge in [-0.3, -0.25) is 0 Å². The van der Waals surface area contributed by atoms with Crippen molar-refractivity contribution in [3.63, 3.8) is 0 Å². The van der Waals surface area contributed by atoms with Crippen molar-refractivity contribution in [2.75, 3.05) is 19.3 Å². The van der Waals surface area contributed by atoms with Crippen molar-refractivity contribution in [2.24, 2.45) is 5.92 Å². The van der Waals surface area contributed by atoms with Crippen LogP contribution in [-0.2, 0) is 0 Å². The average molecular weight is 223 g/mol. The van der Waals surface area contributed by atoms with Crippen molar-refractivity contribution in [2.45, 2.75) is 24.7 Å². The predicted octanol–water partition coefficient (Wildman–Crippen LogP) is 3.41. The molecular weight excluding hydrogens is 202 g/mol. The lowest BCUT2D eigenvalue weighted by Crippen LogP contribution is -2.18. The van der Waals surface area contributed by atoms with Gasteiger partial charge in [-0.05, 0) is 43.8 Å². The molecule has 1 rings (SSSR count). The second kappa shape index (κ2) is 7.77. The highest BCUT2D eigenvalue weighted by atomic mass is 32.2. The summed E-state index contributed by atoms with van der Waals surface area (Å²) in [7, 11) is 2.03. The van der Waals surface area contributed by atoms with Crippen LogP contribution in [0.4, 0.5) is 0 Å². The highest BCUT2D eigenvalue weighted by molar-refractivity contribution is 7.99. The highest BCUT2D eigenvalue weighted by Crippen LogP contribution is 2.20. The maximum Gasteiger partial charge on any atom is 0.00719 e. The number of thioether (sulfide) groups is 1. The van der Waals surface area contributed by atoms with Crippen molar-refractivity contribution < 1.29 is 0 Å². The molecule has 0 saturated heterocycles. The lowest BCUT2D eigenvalue weighted by Gasteiger charge is -2.13. The summed E-state index contributed by atoms with van der Waals surface area (Å²) in [6.07, 6.45) is 2.58. The number of nitrogens with one attached hydrogen (secondary N) is 1. The van der Waals surface area contributed by atoms with Crippen molar-refractivity contribution in [1.29, 1.82) is 0 Å². The van der Waals surface area contributed by atoms with E-state index in [4.69, 9.17) is 0 Å². The first kappa shape index (κ1) is 12.6. The summed E-state index contributed by atoms with van der Waals surface area (Å²) in [6.45, 7) is 3.42. The third kappa shape index (κ3) is 5.24. The van der Waals surface area contributed by atoms with Crippen molar-refractivity contribution in [3.8, 4) is 0 Å². The van der Waals surface area contributed by atoms with Crippen LogP contribution in [0.5, 0.6) is 0 Å². The van der Waals surface area contributed by atoms with Crippen molar-refractivity contribution >= 4 is 11.8 Å². The van der Waals surface area contributed by atoms with Gasteiger partial charge in [-0.1, -0.05) is 31.5 Å². The second-order valence-corrected chi connectivity index (χ2v) is 4.95. The van der Waals surface area contributed by atoms with Gasteiger partial charge < -0.3 is 5.32 Å². The van der Waals surface area contributed by atoms with Crippen LogP contribution < -0.4 is 5.32 Å². The fourth-order valence-corrected chi connectivity index (χ4v) is 2.64. The monoisotopic (exact) mass is 223 g/mol. The van der Waals surface area contributed by atoms with Crippen LogP contribution in [0.15, 0.2) is 35.2 Å². The van der Waals surface area contributed by atoms with Crippen molar-refractivity contribution in [3.05, 3.63) is 30.3 Å². The number of hydrogen-bond donors (Lipinski definition) is 1. The topological polar surface area (TPSA) is 12.0 Å². The molecule has 1 aromatic carbocycles. The molecule has 0 spiro atoms. The van der Waals surface area contributed by atoms with E-state index in [-0.39, 0.29) is 0 Å². The Morgan fingerprint density at radius 1 is 1.27 bits per heavy atom. The van der Waals surface area contributed by atoms with E-state index < -0.39 is 0 Å². The Morgan fingerprint density at radius 3 is 2.60 bits per heavy atom. The third-order valence-electron chi connectivity index (χ3n) is 2.61. The van der Waals surface area contributed by atoms with Crippen LogP contribution in [0.25, 0.3) is 0 Å². The van der Waals surface area contributed by atoms with Gasteiger partial charge in [0.15, 0.2) is 0 Å². The predicted molar refractivity (Wildman–Crippen MR) is 69.5 cm³/mol. The Balaban J connectivity index is 2.20. The fraction of sp³-hybridized carbons (Fsp3) is 0.538. The van der Waals surface area contributed by atoms with E-state index in [0.717, 1.165) is 12.5 Å². The molecule has 0 radical (unpaired) electrons. The van der Waals surface area contributed by atoms with E-state index in [0.29, 0.717) is 0 Å². The second-order valence-electron chi connectivity index (χ2n) is 3.78. The molecule has 1 nitrogen and oxygen atoms in total. The molecule has 1 aromatic rings. The first-order valence-corrected chi connectivity index (χ1v) is 6.67. The van der Waals surface area contributed by atoms with E-state index in [1.54, 1.807) is 0 Å². The van der Waals surface area contributed by atoms with Crippen LogP contribution in [0, 0.1) is 5.92 Å². The quantitative estimate of drug-likeness (QED) is 0.711. The molecule has 1 atom stereocenters. The van der Waals surface area contributed by atoms with E-state index in [1.807, 2.05) is 18.8 Å². The Hall–Kier alpha value is -0.470. The molecule has 0 saturated carbocycles. The molecule has 0 heterocycles. The van der Waals surface area contributed by atoms with Crippen LogP contribution in [0.1, 0.15) is 19.8 Å². The van der Waals surface area contributed by atoms with E-state index in [9.17, 15) is 0 Å². The molecule has 0 aliphatic carbocycles. The Labute approximate surface area is 97.7 Å². The van der Waals surface area contributed by atoms with Gasteiger partial charge in [-0.2, -0.15) is 0 Å². The van der Waals surface area contributed by atoms with Crippen LogP contribution >= 0.6 is 11.8 Å². The fourth-order valence-electron chi connectivity index (χ4n) is 1.60. The van der Waals surface area contributed by atoms with Crippen molar-refractivity contribution in [1.82, 2.24) is 5.32 Å². The minimum atomic E-state index is 0.825. The zero-order chi connectivity index (χ0) is 10.9. The molecule has 0 fully saturated rings. The van der Waals surface area contributed by atoms with E-state index in [2.05, 4.69) is 42.6 Å². The molecule has 0 aliphatic heterocycles. The molecule has 84 valence electrons. The summed E-state index contributed by atoms with van der Waals surface area (Å²) in [5.41, 5.74) is 0. The number of rotatable bonds is 7. The zero-order valence-corrected chi connectivity index (χ0v) is 10.5. The molecule has 1 N–H and O–H groups in total. The molecular formula is C13H21NS. The summed E-state index contributed by atoms with van der Waals surface area (Å²) in [5.74, 6) is 2.05. The standard InChI is InChI=1S/C13H21NS/c1-3-12(11-14-2)9-10-15-13-7-5-4-6-8-13/h4-8,12,14H,3,9-11H2,1-2H3. The van der Waals surface area contributed by atoms with Gasteiger partial charge in [-0.25, -0.2) is 0 Å². The van der Waals surface area contributed by atoms with Gasteiger partial charge in [0.05, 0.1) is 0 Å². The maximum atomic E-state index is 3.26. The maximum absolute atomic E-state index is 3.26. The first-order chi connectivity index (χ1) is 7.36. The van der Waals surface area contributed by atoms with Gasteiger partial charge in [-0.15, -0.1) is 11.8 Å². The summed E-state index contributed by atoms with van der Waals surface area (Å²) in [6, 6.07) is 10.6. The van der Waals surface area contributed by atoms with Crippen LogP contribution in [0.2, 0.25) is 0 Å². The Morgan fingerprint density at radius 2 is 2.00 bits per heavy atom. The lowest BCUT2D eigenvalue weighted by atomic mass is 10.0. The highest BCUT2D eigenvalue weighted by Gasteiger charge is 2.04. The summed E-state index contributed by atoms with van der Waals surface area (Å²) in [5, 5.41) is 3.26. The molecule has 15 heavy (non-hydrogen) atoms. The Kier molecular flexibility index (Phi) is 6.53. The number of hydrogen-bond acceptors (Lipinski definition) is 2. The third-order valence-corrected chi connectivity index (χ3v) is 3.65. The molecule has 0 aromatic heterocycles. The van der Waals surface area contributed by atoms with Gasteiger partial charge >= 0.3 is 0 Å². The van der Waals surface area contributed by atoms with Gasteiger partial charge in [0, 0.05) is 4.90 Å². The van der Waals surface area contributed by atoms with Crippen LogP contribution in [-0.4, -0.2) is 19.3 Å². The molecule has 2 heteroatoms. The Bertz CT molecular complexity index is 248. The molecule has 1 unspecified atom stereocenters. The molecule has 0 bridgehead atoms. The number of benzene rings is 1. The minimum absolute atomic E-state index is 0.825. The largest absolute Gasteiger partial charge is 0.319 e. The first-order valence-electron chi connectivity index (χ1n) is 5.69. The van der Waals surface area contributed by atoms with Gasteiger partial charge in [0.1, 0.15) is 0 Å². The molecule has 0 aliphatic rings. The normalized spacial score (nSPS) is 12.7. The average Bonchev–Trinajstić information content (AvgIpc) is 2.29.